The summed E-state index contributed by atoms with van der Waals surface area (Å²) in [5, 5.41) is 11.9. The maximum absolute atomic E-state index is 14.3. The summed E-state index contributed by atoms with van der Waals surface area (Å²) in [6.07, 6.45) is -2.60. The number of urea groups is 2. The molecule has 0 spiro atoms. The van der Waals surface area contributed by atoms with Gasteiger partial charge >= 0.3 is 18.4 Å². The van der Waals surface area contributed by atoms with Crippen LogP contribution in [0, 0.1) is 0 Å². The summed E-state index contributed by atoms with van der Waals surface area (Å²) in [6.45, 7) is 14.3. The fourth-order valence-corrected chi connectivity index (χ4v) is 9.61. The molecule has 1 unspecified atom stereocenters. The lowest BCUT2D eigenvalue weighted by Gasteiger charge is -2.29. The second-order valence-electron chi connectivity index (χ2n) is 19.6. The van der Waals surface area contributed by atoms with Crippen LogP contribution >= 0.6 is 0 Å². The van der Waals surface area contributed by atoms with Crippen molar-refractivity contribution in [3.05, 3.63) is 180 Å². The number of halogens is 3. The van der Waals surface area contributed by atoms with Crippen LogP contribution in [0.15, 0.2) is 158 Å². The average Bonchev–Trinajstić information content (AvgIpc) is 3.76. The van der Waals surface area contributed by atoms with Crippen LogP contribution in [-0.2, 0) is 22.7 Å². The monoisotopic (exact) mass is 945 g/mol. The molecule has 1 aromatic heterocycles. The van der Waals surface area contributed by atoms with Crippen molar-refractivity contribution in [2.24, 2.45) is 0 Å². The number of fused-ring (bicyclic) bond motifs is 2. The first-order valence-corrected chi connectivity index (χ1v) is 23.0. The van der Waals surface area contributed by atoms with Gasteiger partial charge in [-0.3, -0.25) is 0 Å². The van der Waals surface area contributed by atoms with Gasteiger partial charge in [0, 0.05) is 52.7 Å². The third kappa shape index (κ3) is 10.1. The Bertz CT molecular complexity index is 3080. The Kier molecular flexibility index (Phi) is 12.4. The van der Waals surface area contributed by atoms with Gasteiger partial charge in [0.2, 0.25) is 5.88 Å². The fraction of sp³-hybridized carbons (Fsp3) is 0.232. The molecule has 0 aliphatic carbocycles. The number of nitrogens with zero attached hydrogens (tertiary/aromatic N) is 3. The summed E-state index contributed by atoms with van der Waals surface area (Å²) in [5.41, 5.74) is 9.04. The van der Waals surface area contributed by atoms with Crippen LogP contribution in [0.1, 0.15) is 63.8 Å². The number of amides is 4. The molecule has 70 heavy (non-hydrogen) atoms. The lowest BCUT2D eigenvalue weighted by Crippen LogP contribution is -2.31. The summed E-state index contributed by atoms with van der Waals surface area (Å²) >= 11 is 0. The molecule has 9 rings (SSSR count). The molecule has 0 fully saturated rings. The predicted octanol–water partition coefficient (Wildman–Crippen LogP) is 14.4. The molecule has 4 N–H and O–H groups in total. The third-order valence-corrected chi connectivity index (χ3v) is 12.7. The second kappa shape index (κ2) is 18.5. The lowest BCUT2D eigenvalue weighted by atomic mass is 9.79. The van der Waals surface area contributed by atoms with Crippen LogP contribution < -0.4 is 40.5 Å². The van der Waals surface area contributed by atoms with Gasteiger partial charge in [0.1, 0.15) is 17.2 Å². The van der Waals surface area contributed by atoms with E-state index in [0.29, 0.717) is 42.3 Å². The Labute approximate surface area is 405 Å². The number of hydrogen-bond acceptors (Lipinski definition) is 7. The zero-order chi connectivity index (χ0) is 49.4. The van der Waals surface area contributed by atoms with E-state index in [1.165, 1.54) is 17.7 Å². The number of carbonyl (C=O) groups excluding carboxylic acids is 2. The summed E-state index contributed by atoms with van der Waals surface area (Å²) in [6, 6.07) is 45.5. The van der Waals surface area contributed by atoms with E-state index in [1.54, 1.807) is 24.4 Å². The van der Waals surface area contributed by atoms with Crippen molar-refractivity contribution >= 4 is 57.6 Å². The predicted molar refractivity (Wildman–Crippen MR) is 272 cm³/mol. The highest BCUT2D eigenvalue weighted by molar-refractivity contribution is 6.04. The van der Waals surface area contributed by atoms with Crippen molar-refractivity contribution in [1.29, 1.82) is 0 Å². The van der Waals surface area contributed by atoms with Crippen molar-refractivity contribution < 1.29 is 32.2 Å². The van der Waals surface area contributed by atoms with Crippen LogP contribution in [0.25, 0.3) is 0 Å². The number of pyridine rings is 1. The zero-order valence-corrected chi connectivity index (χ0v) is 39.7. The molecule has 0 saturated carbocycles. The van der Waals surface area contributed by atoms with E-state index >= 15 is 0 Å². The molecular formula is C56H54F3N7O4. The van der Waals surface area contributed by atoms with Crippen LogP contribution in [0.3, 0.4) is 0 Å². The van der Waals surface area contributed by atoms with Crippen molar-refractivity contribution in [3.8, 4) is 17.4 Å². The molecule has 0 saturated heterocycles. The quantitative estimate of drug-likeness (QED) is 0.102. The summed E-state index contributed by atoms with van der Waals surface area (Å²) in [4.78, 5) is 36.6. The Morgan fingerprint density at radius 3 is 1.91 bits per heavy atom. The number of alkyl halides is 3. The first kappa shape index (κ1) is 47.1. The fourth-order valence-electron chi connectivity index (χ4n) is 9.61. The largest absolute Gasteiger partial charge is 0.573 e. The molecule has 2 aliphatic rings. The number of nitrogens with one attached hydrogen (secondary N) is 4. The minimum absolute atomic E-state index is 0.156. The number of para-hydroxylation sites is 5. The molecule has 0 radical (unpaired) electrons. The van der Waals surface area contributed by atoms with Crippen molar-refractivity contribution in [2.75, 3.05) is 44.2 Å². The normalized spacial score (nSPS) is 16.0. The molecule has 2 aliphatic heterocycles. The van der Waals surface area contributed by atoms with Gasteiger partial charge in [-0.05, 0) is 107 Å². The number of hydrogen-bond donors (Lipinski definition) is 4. The Morgan fingerprint density at radius 1 is 0.614 bits per heavy atom. The van der Waals surface area contributed by atoms with Crippen molar-refractivity contribution in [2.45, 2.75) is 70.6 Å². The molecule has 6 aromatic carbocycles. The molecular weight excluding hydrogens is 892 g/mol. The Morgan fingerprint density at radius 2 is 1.19 bits per heavy atom. The van der Waals surface area contributed by atoms with Gasteiger partial charge in [0.25, 0.3) is 0 Å². The number of aromatic nitrogens is 1. The summed E-state index contributed by atoms with van der Waals surface area (Å²) in [7, 11) is 0. The number of ether oxygens (including phenoxy) is 2. The number of rotatable bonds is 11. The highest BCUT2D eigenvalue weighted by atomic mass is 19.4. The molecule has 1 atom stereocenters. The minimum Gasteiger partial charge on any atom is -0.437 e. The molecule has 358 valence electrons. The zero-order valence-electron chi connectivity index (χ0n) is 39.7. The van der Waals surface area contributed by atoms with Gasteiger partial charge < -0.3 is 40.5 Å². The van der Waals surface area contributed by atoms with E-state index < -0.39 is 29.6 Å². The van der Waals surface area contributed by atoms with Gasteiger partial charge in [0.15, 0.2) is 0 Å². The number of carbonyl (C=O) groups is 2. The summed E-state index contributed by atoms with van der Waals surface area (Å²) in [5.74, 6) is 0.523. The molecule has 11 nitrogen and oxygen atoms in total. The van der Waals surface area contributed by atoms with E-state index in [-0.39, 0.29) is 22.4 Å². The van der Waals surface area contributed by atoms with Gasteiger partial charge in [-0.15, -0.1) is 13.2 Å². The topological polar surface area (TPSA) is 120 Å². The molecule has 4 amide bonds. The van der Waals surface area contributed by atoms with Gasteiger partial charge in [-0.1, -0.05) is 114 Å². The van der Waals surface area contributed by atoms with E-state index in [1.807, 2.05) is 60.7 Å². The van der Waals surface area contributed by atoms with E-state index in [4.69, 9.17) is 4.74 Å². The first-order valence-electron chi connectivity index (χ1n) is 23.0. The number of anilines is 8. The van der Waals surface area contributed by atoms with Crippen LogP contribution in [0.2, 0.25) is 0 Å². The Hall–Kier alpha value is -8.00. The molecule has 0 bridgehead atoms. The standard InChI is InChI=1S/C56H54F3N7O4/c1-53(2,3)41-18-9-14-24-49(41)69-50-43(20-15-31-60-50)63-52(68)64-44-32-36(25-30-48(44)65-34-54(4,5)39-16-7-11-21-45(39)65)33-55(6)35-66(46-22-12-8-17-40(46)55)47-23-13-10-19-42(47)62-51(67)61-37-26-28-38(29-27-37)70-56(57,58)59/h7-32H,33-35H2,1-6H3,(H2,61,62,67)(H2,63,64,68). The van der Waals surface area contributed by atoms with Gasteiger partial charge in [0.05, 0.1) is 22.7 Å². The molecule has 14 heteroatoms. The van der Waals surface area contributed by atoms with E-state index in [2.05, 4.69) is 131 Å². The van der Waals surface area contributed by atoms with Crippen LogP contribution in [0.4, 0.5) is 68.3 Å². The van der Waals surface area contributed by atoms with E-state index in [0.717, 1.165) is 51.6 Å². The van der Waals surface area contributed by atoms with Crippen molar-refractivity contribution in [3.63, 3.8) is 0 Å². The maximum Gasteiger partial charge on any atom is 0.573 e. The average molecular weight is 946 g/mol. The molecule has 3 heterocycles. The second-order valence-corrected chi connectivity index (χ2v) is 19.6. The highest BCUT2D eigenvalue weighted by Crippen LogP contribution is 2.50. The highest BCUT2D eigenvalue weighted by Gasteiger charge is 2.41. The minimum atomic E-state index is -4.83. The maximum atomic E-state index is 14.3. The summed E-state index contributed by atoms with van der Waals surface area (Å²) < 4.78 is 48.5. The SMILES string of the molecule is CC(C)(C)c1ccccc1Oc1ncccc1NC(=O)Nc1cc(CC2(C)CN(c3ccccc3NC(=O)Nc3ccc(OC(F)(F)F)cc3)c3ccccc32)ccc1N1CC(C)(C)c2ccccc21. The van der Waals surface area contributed by atoms with Gasteiger partial charge in [-0.2, -0.15) is 0 Å². The first-order chi connectivity index (χ1) is 33.3. The van der Waals surface area contributed by atoms with Crippen LogP contribution in [-0.4, -0.2) is 36.5 Å². The third-order valence-electron chi connectivity index (χ3n) is 12.7. The smallest absolute Gasteiger partial charge is 0.437 e. The van der Waals surface area contributed by atoms with Crippen molar-refractivity contribution in [1.82, 2.24) is 4.98 Å². The lowest BCUT2D eigenvalue weighted by molar-refractivity contribution is -0.274. The molecule has 7 aromatic rings. The number of benzene rings is 6. The van der Waals surface area contributed by atoms with Gasteiger partial charge in [-0.25, -0.2) is 14.6 Å². The van der Waals surface area contributed by atoms with Crippen LogP contribution in [0.5, 0.6) is 17.4 Å². The Balaban J connectivity index is 0.993. The van der Waals surface area contributed by atoms with E-state index in [9.17, 15) is 22.8 Å².